The van der Waals surface area contributed by atoms with E-state index in [2.05, 4.69) is 0 Å². The molecule has 1 atom stereocenters. The molecule has 12 heavy (non-hydrogen) atoms. The first-order valence-electron chi connectivity index (χ1n) is 5.16. The van der Waals surface area contributed by atoms with E-state index in [0.29, 0.717) is 0 Å². The van der Waals surface area contributed by atoms with E-state index in [-0.39, 0.29) is 6.29 Å². The van der Waals surface area contributed by atoms with Gasteiger partial charge in [-0.05, 0) is 25.7 Å². The van der Waals surface area contributed by atoms with E-state index in [1.807, 2.05) is 0 Å². The molecule has 0 aliphatic carbocycles. The maximum Gasteiger partial charge on any atom is 0.157 e. The third-order valence-corrected chi connectivity index (χ3v) is 2.90. The quantitative estimate of drug-likeness (QED) is 0.475. The lowest BCUT2D eigenvalue weighted by atomic mass is 10.2. The van der Waals surface area contributed by atoms with Crippen LogP contribution in [-0.2, 0) is 9.47 Å². The first-order valence-corrected chi connectivity index (χ1v) is 6.58. The van der Waals surface area contributed by atoms with E-state index in [1.54, 1.807) is 0 Å². The van der Waals surface area contributed by atoms with Crippen LogP contribution in [0.5, 0.6) is 0 Å². The normalized spacial score (nSPS) is 24.5. The van der Waals surface area contributed by atoms with Gasteiger partial charge in [-0.1, -0.05) is 12.5 Å². The van der Waals surface area contributed by atoms with Crippen LogP contribution in [0.3, 0.4) is 0 Å². The Labute approximate surface area is 78.1 Å². The molecule has 1 heterocycles. The third kappa shape index (κ3) is 4.23. The lowest BCUT2D eigenvalue weighted by Gasteiger charge is -2.22. The first kappa shape index (κ1) is 10.2. The lowest BCUT2D eigenvalue weighted by Crippen LogP contribution is -2.22. The standard InChI is InChI=1S/C9H20O2Si/c12-8-4-3-7-11-9-5-1-2-6-10-9/h9H,1-8H2,12H3. The predicted molar refractivity (Wildman–Crippen MR) is 53.5 cm³/mol. The molecular formula is C9H20O2Si. The summed E-state index contributed by atoms with van der Waals surface area (Å²) in [6.45, 7) is 1.79. The van der Waals surface area contributed by atoms with Gasteiger partial charge in [0.2, 0.25) is 0 Å². The highest BCUT2D eigenvalue weighted by Crippen LogP contribution is 2.13. The first-order chi connectivity index (χ1) is 5.93. The van der Waals surface area contributed by atoms with Gasteiger partial charge in [-0.15, -0.1) is 0 Å². The topological polar surface area (TPSA) is 18.5 Å². The zero-order valence-corrected chi connectivity index (χ0v) is 10.1. The van der Waals surface area contributed by atoms with Crippen LogP contribution in [0.15, 0.2) is 0 Å². The minimum atomic E-state index is 0.118. The van der Waals surface area contributed by atoms with Gasteiger partial charge < -0.3 is 9.47 Å². The van der Waals surface area contributed by atoms with Gasteiger partial charge in [-0.2, -0.15) is 0 Å². The van der Waals surface area contributed by atoms with Crippen molar-refractivity contribution in [1.29, 1.82) is 0 Å². The van der Waals surface area contributed by atoms with Crippen LogP contribution in [0, 0.1) is 0 Å². The monoisotopic (exact) mass is 188 g/mol. The van der Waals surface area contributed by atoms with Crippen LogP contribution in [-0.4, -0.2) is 29.7 Å². The minimum absolute atomic E-state index is 0.118. The predicted octanol–water partition coefficient (Wildman–Crippen LogP) is 1.09. The van der Waals surface area contributed by atoms with E-state index < -0.39 is 0 Å². The Bertz CT molecular complexity index is 103. The summed E-state index contributed by atoms with van der Waals surface area (Å²) < 4.78 is 11.0. The van der Waals surface area contributed by atoms with Crippen LogP contribution >= 0.6 is 0 Å². The SMILES string of the molecule is [SiH3]CCCCOC1CCCCO1. The van der Waals surface area contributed by atoms with Crippen LogP contribution in [0.4, 0.5) is 0 Å². The smallest absolute Gasteiger partial charge is 0.157 e. The van der Waals surface area contributed by atoms with Gasteiger partial charge in [-0.3, -0.25) is 0 Å². The summed E-state index contributed by atoms with van der Waals surface area (Å²) in [5.41, 5.74) is 0. The Hall–Kier alpha value is 0.137. The van der Waals surface area contributed by atoms with E-state index in [0.717, 1.165) is 19.6 Å². The van der Waals surface area contributed by atoms with Crippen molar-refractivity contribution in [3.63, 3.8) is 0 Å². The Balaban J connectivity index is 1.91. The van der Waals surface area contributed by atoms with Crippen molar-refractivity contribution in [3.8, 4) is 0 Å². The van der Waals surface area contributed by atoms with Crippen LogP contribution in [0.1, 0.15) is 32.1 Å². The summed E-state index contributed by atoms with van der Waals surface area (Å²) in [5.74, 6) is 0. The Morgan fingerprint density at radius 1 is 1.33 bits per heavy atom. The van der Waals surface area contributed by atoms with Crippen molar-refractivity contribution in [3.05, 3.63) is 0 Å². The molecule has 1 unspecified atom stereocenters. The van der Waals surface area contributed by atoms with Gasteiger partial charge >= 0.3 is 0 Å². The molecule has 1 fully saturated rings. The summed E-state index contributed by atoms with van der Waals surface area (Å²) in [6.07, 6.45) is 6.24. The zero-order valence-electron chi connectivity index (χ0n) is 8.05. The fourth-order valence-corrected chi connectivity index (χ4v) is 1.91. The highest BCUT2D eigenvalue weighted by atomic mass is 28.1. The van der Waals surface area contributed by atoms with Crippen molar-refractivity contribution in [2.45, 2.75) is 44.4 Å². The molecule has 1 rings (SSSR count). The van der Waals surface area contributed by atoms with Crippen molar-refractivity contribution in [2.24, 2.45) is 0 Å². The molecule has 0 aromatic rings. The number of hydrogen-bond acceptors (Lipinski definition) is 2. The lowest BCUT2D eigenvalue weighted by molar-refractivity contribution is -0.162. The summed E-state index contributed by atoms with van der Waals surface area (Å²) in [7, 11) is 1.33. The fraction of sp³-hybridized carbons (Fsp3) is 1.00. The molecule has 0 N–H and O–H groups in total. The molecular weight excluding hydrogens is 168 g/mol. The molecule has 1 aliphatic rings. The van der Waals surface area contributed by atoms with Gasteiger partial charge in [0.25, 0.3) is 0 Å². The molecule has 1 aliphatic heterocycles. The number of hydrogen-bond donors (Lipinski definition) is 0. The fourth-order valence-electron chi connectivity index (χ4n) is 1.41. The molecule has 72 valence electrons. The van der Waals surface area contributed by atoms with Crippen molar-refractivity contribution < 1.29 is 9.47 Å². The Morgan fingerprint density at radius 2 is 2.25 bits per heavy atom. The average molecular weight is 188 g/mol. The van der Waals surface area contributed by atoms with Gasteiger partial charge in [0, 0.05) is 23.5 Å². The summed E-state index contributed by atoms with van der Waals surface area (Å²) >= 11 is 0. The van der Waals surface area contributed by atoms with Crippen molar-refractivity contribution in [1.82, 2.24) is 0 Å². The van der Waals surface area contributed by atoms with E-state index in [9.17, 15) is 0 Å². The summed E-state index contributed by atoms with van der Waals surface area (Å²) in [4.78, 5) is 0. The molecule has 0 saturated carbocycles. The van der Waals surface area contributed by atoms with Gasteiger partial charge in [-0.25, -0.2) is 0 Å². The van der Waals surface area contributed by atoms with Crippen LogP contribution in [0.2, 0.25) is 6.04 Å². The van der Waals surface area contributed by atoms with Gasteiger partial charge in [0.15, 0.2) is 6.29 Å². The number of ether oxygens (including phenoxy) is 2. The maximum absolute atomic E-state index is 5.58. The maximum atomic E-state index is 5.58. The highest BCUT2D eigenvalue weighted by molar-refractivity contribution is 6.08. The van der Waals surface area contributed by atoms with E-state index in [4.69, 9.17) is 9.47 Å². The second-order valence-electron chi connectivity index (χ2n) is 3.37. The van der Waals surface area contributed by atoms with Crippen LogP contribution in [0.25, 0.3) is 0 Å². The van der Waals surface area contributed by atoms with Crippen molar-refractivity contribution >= 4 is 10.2 Å². The van der Waals surface area contributed by atoms with E-state index >= 15 is 0 Å². The Morgan fingerprint density at radius 3 is 2.92 bits per heavy atom. The molecule has 0 amide bonds. The molecule has 0 spiro atoms. The second-order valence-corrected chi connectivity index (χ2v) is 4.37. The number of rotatable bonds is 5. The molecule has 0 aromatic heterocycles. The molecule has 0 aromatic carbocycles. The highest BCUT2D eigenvalue weighted by Gasteiger charge is 2.12. The van der Waals surface area contributed by atoms with Gasteiger partial charge in [0.05, 0.1) is 0 Å². The molecule has 1 saturated heterocycles. The van der Waals surface area contributed by atoms with Crippen LogP contribution < -0.4 is 0 Å². The molecule has 0 radical (unpaired) electrons. The minimum Gasteiger partial charge on any atom is -0.353 e. The third-order valence-electron chi connectivity index (χ3n) is 2.19. The van der Waals surface area contributed by atoms with Crippen molar-refractivity contribution in [2.75, 3.05) is 13.2 Å². The Kier molecular flexibility index (Phi) is 5.65. The summed E-state index contributed by atoms with van der Waals surface area (Å²) in [5, 5.41) is 0. The largest absolute Gasteiger partial charge is 0.353 e. The molecule has 3 heteroatoms. The molecule has 2 nitrogen and oxygen atoms in total. The summed E-state index contributed by atoms with van der Waals surface area (Å²) in [6, 6.07) is 1.40. The van der Waals surface area contributed by atoms with E-state index in [1.165, 1.54) is 42.0 Å². The average Bonchev–Trinajstić information content (AvgIpc) is 2.14. The second kappa shape index (κ2) is 6.63. The molecule has 0 bridgehead atoms. The number of unbranched alkanes of at least 4 members (excludes halogenated alkanes) is 1. The van der Waals surface area contributed by atoms with Gasteiger partial charge in [0.1, 0.15) is 0 Å². The zero-order chi connectivity index (χ0) is 8.65.